The molecule has 3 aromatic rings. The maximum Gasteiger partial charge on any atom is 0.188 e. The van der Waals surface area contributed by atoms with Crippen LogP contribution >= 0.6 is 11.6 Å². The van der Waals surface area contributed by atoms with Crippen LogP contribution < -0.4 is 10.1 Å². The fourth-order valence-corrected chi connectivity index (χ4v) is 4.91. The van der Waals surface area contributed by atoms with E-state index in [-0.39, 0.29) is 11.1 Å². The quantitative estimate of drug-likeness (QED) is 0.464. The Morgan fingerprint density at radius 2 is 2.06 bits per heavy atom. The zero-order chi connectivity index (χ0) is 24.4. The van der Waals surface area contributed by atoms with E-state index in [2.05, 4.69) is 45.3 Å². The molecule has 0 atom stereocenters. The highest BCUT2D eigenvalue weighted by atomic mass is 35.5. The summed E-state index contributed by atoms with van der Waals surface area (Å²) < 4.78 is 19.2. The number of fused-ring (bicyclic) bond motifs is 1. The van der Waals surface area contributed by atoms with Gasteiger partial charge >= 0.3 is 0 Å². The monoisotopic (exact) mass is 489 g/mol. The minimum atomic E-state index is -0.421. The number of nitrogens with one attached hydrogen (secondary N) is 1. The predicted molar refractivity (Wildman–Crippen MR) is 134 cm³/mol. The van der Waals surface area contributed by atoms with Crippen LogP contribution in [0.15, 0.2) is 48.4 Å². The van der Waals surface area contributed by atoms with Crippen molar-refractivity contribution in [2.24, 2.45) is 0 Å². The third-order valence-corrected chi connectivity index (χ3v) is 6.97. The van der Waals surface area contributed by atoms with Gasteiger partial charge in [-0.25, -0.2) is 14.4 Å². The van der Waals surface area contributed by atoms with Crippen molar-refractivity contribution in [3.63, 3.8) is 0 Å². The minimum Gasteiger partial charge on any atom is -0.450 e. The SMILES string of the molecule is Cc1c(CN2CCC(Nc3ncncc3Oc3ccc(F)cc3Cl)CC2)ccc2c1C=C(C#N)C2. The van der Waals surface area contributed by atoms with Crippen molar-refractivity contribution in [3.05, 3.63) is 81.5 Å². The van der Waals surface area contributed by atoms with Crippen LogP contribution in [0.1, 0.15) is 35.1 Å². The molecule has 0 radical (unpaired) electrons. The zero-order valence-corrected chi connectivity index (χ0v) is 20.1. The number of nitriles is 1. The molecule has 0 saturated carbocycles. The van der Waals surface area contributed by atoms with Gasteiger partial charge in [-0.1, -0.05) is 23.7 Å². The molecule has 6 nitrogen and oxygen atoms in total. The van der Waals surface area contributed by atoms with E-state index in [0.29, 0.717) is 17.3 Å². The number of benzene rings is 2. The molecule has 2 heterocycles. The van der Waals surface area contributed by atoms with Crippen LogP contribution in [0.25, 0.3) is 6.08 Å². The number of aromatic nitrogens is 2. The van der Waals surface area contributed by atoms with Gasteiger partial charge in [0.15, 0.2) is 11.6 Å². The second kappa shape index (κ2) is 10.0. The smallest absolute Gasteiger partial charge is 0.188 e. The summed E-state index contributed by atoms with van der Waals surface area (Å²) in [6.45, 7) is 4.97. The topological polar surface area (TPSA) is 74.1 Å². The maximum atomic E-state index is 13.4. The summed E-state index contributed by atoms with van der Waals surface area (Å²) >= 11 is 6.11. The van der Waals surface area contributed by atoms with E-state index < -0.39 is 5.82 Å². The van der Waals surface area contributed by atoms with Crippen LogP contribution in [0.5, 0.6) is 11.5 Å². The fraction of sp³-hybridized carbons (Fsp3) is 0.296. The van der Waals surface area contributed by atoms with Crippen molar-refractivity contribution < 1.29 is 9.13 Å². The Kier molecular flexibility index (Phi) is 6.67. The normalized spacial score (nSPS) is 15.9. The molecule has 5 rings (SSSR count). The van der Waals surface area contributed by atoms with Crippen LogP contribution in [-0.2, 0) is 13.0 Å². The summed E-state index contributed by atoms with van der Waals surface area (Å²) in [5.74, 6) is 0.966. The van der Waals surface area contributed by atoms with Crippen LogP contribution in [0.2, 0.25) is 5.02 Å². The van der Waals surface area contributed by atoms with Crippen LogP contribution in [0, 0.1) is 24.1 Å². The minimum absolute atomic E-state index is 0.189. The Bertz CT molecular complexity index is 1330. The summed E-state index contributed by atoms with van der Waals surface area (Å²) in [7, 11) is 0. The Morgan fingerprint density at radius 3 is 2.83 bits per heavy atom. The first-order valence-electron chi connectivity index (χ1n) is 11.6. The third kappa shape index (κ3) is 5.14. The van der Waals surface area contributed by atoms with E-state index in [9.17, 15) is 9.65 Å². The highest BCUT2D eigenvalue weighted by Crippen LogP contribution is 2.34. The molecule has 1 aromatic heterocycles. The van der Waals surface area contributed by atoms with Crippen LogP contribution in [0.3, 0.4) is 0 Å². The van der Waals surface area contributed by atoms with E-state index in [1.54, 1.807) is 6.20 Å². The van der Waals surface area contributed by atoms with Gasteiger partial charge in [-0.05, 0) is 66.3 Å². The second-order valence-corrected chi connectivity index (χ2v) is 9.40. The van der Waals surface area contributed by atoms with Crippen LogP contribution in [0.4, 0.5) is 10.2 Å². The predicted octanol–water partition coefficient (Wildman–Crippen LogP) is 5.91. The van der Waals surface area contributed by atoms with Gasteiger partial charge in [0.25, 0.3) is 0 Å². The molecule has 0 amide bonds. The van der Waals surface area contributed by atoms with Gasteiger partial charge in [0.2, 0.25) is 0 Å². The number of nitrogens with zero attached hydrogens (tertiary/aromatic N) is 4. The van der Waals surface area contributed by atoms with Gasteiger partial charge in [-0.2, -0.15) is 5.26 Å². The van der Waals surface area contributed by atoms with Gasteiger partial charge in [0.1, 0.15) is 17.9 Å². The third-order valence-electron chi connectivity index (χ3n) is 6.68. The maximum absolute atomic E-state index is 13.4. The average molecular weight is 490 g/mol. The summed E-state index contributed by atoms with van der Waals surface area (Å²) in [4.78, 5) is 10.9. The Morgan fingerprint density at radius 1 is 1.23 bits per heavy atom. The molecule has 1 N–H and O–H groups in total. The molecular weight excluding hydrogens is 465 g/mol. The van der Waals surface area contributed by atoms with Crippen molar-refractivity contribution in [1.29, 1.82) is 5.26 Å². The van der Waals surface area contributed by atoms with Gasteiger partial charge in [0.05, 0.1) is 17.3 Å². The molecular formula is C27H25ClFN5O. The number of rotatable bonds is 6. The van der Waals surface area contributed by atoms with Crippen molar-refractivity contribution in [3.8, 4) is 17.6 Å². The van der Waals surface area contributed by atoms with E-state index in [4.69, 9.17) is 16.3 Å². The number of likely N-dealkylation sites (tertiary alicyclic amines) is 1. The Labute approximate surface area is 209 Å². The summed E-state index contributed by atoms with van der Waals surface area (Å²) in [5, 5.41) is 12.9. The fourth-order valence-electron chi connectivity index (χ4n) is 4.70. The molecule has 2 aliphatic rings. The van der Waals surface area contributed by atoms with Crippen molar-refractivity contribution in [2.45, 2.75) is 38.8 Å². The molecule has 2 aromatic carbocycles. The molecule has 1 aliphatic heterocycles. The number of hydrogen-bond donors (Lipinski definition) is 1. The van der Waals surface area contributed by atoms with Crippen molar-refractivity contribution in [1.82, 2.24) is 14.9 Å². The van der Waals surface area contributed by atoms with E-state index in [1.807, 2.05) is 6.08 Å². The Balaban J connectivity index is 1.20. The molecule has 1 aliphatic carbocycles. The van der Waals surface area contributed by atoms with E-state index >= 15 is 0 Å². The first kappa shape index (κ1) is 23.3. The lowest BCUT2D eigenvalue weighted by Gasteiger charge is -2.33. The lowest BCUT2D eigenvalue weighted by molar-refractivity contribution is 0.210. The standard InChI is InChI=1S/C27H25ClFN5O/c1-17-20(3-2-19-10-18(13-30)11-23(17)19)15-34-8-6-22(7-9-34)33-27-26(14-31-16-32-27)35-25-5-4-21(29)12-24(25)28/h2-5,11-12,14,16,22H,6-10,15H2,1H3,(H,31,32,33). The van der Waals surface area contributed by atoms with Crippen molar-refractivity contribution >= 4 is 23.5 Å². The molecule has 0 bridgehead atoms. The first-order valence-corrected chi connectivity index (χ1v) is 12.0. The highest BCUT2D eigenvalue weighted by molar-refractivity contribution is 6.32. The van der Waals surface area contributed by atoms with E-state index in [1.165, 1.54) is 46.8 Å². The summed E-state index contributed by atoms with van der Waals surface area (Å²) in [5.41, 5.74) is 5.88. The molecule has 35 heavy (non-hydrogen) atoms. The first-order chi connectivity index (χ1) is 17.0. The number of piperidine rings is 1. The number of anilines is 1. The Hall–Kier alpha value is -3.47. The van der Waals surface area contributed by atoms with Crippen LogP contribution in [-0.4, -0.2) is 34.0 Å². The van der Waals surface area contributed by atoms with Gasteiger partial charge < -0.3 is 10.1 Å². The summed E-state index contributed by atoms with van der Waals surface area (Å²) in [6.07, 6.45) is 7.75. The van der Waals surface area contributed by atoms with Gasteiger partial charge in [-0.15, -0.1) is 0 Å². The number of ether oxygens (including phenoxy) is 1. The number of hydrogen-bond acceptors (Lipinski definition) is 6. The molecule has 178 valence electrons. The summed E-state index contributed by atoms with van der Waals surface area (Å²) in [6, 6.07) is 10.9. The molecule has 0 spiro atoms. The van der Waals surface area contributed by atoms with Gasteiger partial charge in [0, 0.05) is 37.7 Å². The molecule has 0 unspecified atom stereocenters. The van der Waals surface area contributed by atoms with E-state index in [0.717, 1.165) is 44.5 Å². The lowest BCUT2D eigenvalue weighted by atomic mass is 9.97. The average Bonchev–Trinajstić information content (AvgIpc) is 3.29. The number of allylic oxidation sites excluding steroid dienone is 1. The number of halogens is 2. The largest absolute Gasteiger partial charge is 0.450 e. The molecule has 1 fully saturated rings. The highest BCUT2D eigenvalue weighted by Gasteiger charge is 2.23. The zero-order valence-electron chi connectivity index (χ0n) is 19.4. The lowest BCUT2D eigenvalue weighted by Crippen LogP contribution is -2.39. The van der Waals surface area contributed by atoms with Crippen molar-refractivity contribution in [2.75, 3.05) is 18.4 Å². The van der Waals surface area contributed by atoms with Gasteiger partial charge in [-0.3, -0.25) is 4.90 Å². The second-order valence-electron chi connectivity index (χ2n) is 8.99. The molecule has 1 saturated heterocycles. The molecule has 8 heteroatoms.